The van der Waals surface area contributed by atoms with Gasteiger partial charge in [-0.3, -0.25) is 19.3 Å². The molecule has 12 heteroatoms. The minimum absolute atomic E-state index is 0.0364. The van der Waals surface area contributed by atoms with Gasteiger partial charge in [0.2, 0.25) is 5.91 Å². The second-order valence-electron chi connectivity index (χ2n) is 7.58. The van der Waals surface area contributed by atoms with Crippen LogP contribution >= 0.6 is 11.8 Å². The van der Waals surface area contributed by atoms with Crippen LogP contribution in [0.2, 0.25) is 0 Å². The third-order valence-corrected chi connectivity index (χ3v) is 6.03. The van der Waals surface area contributed by atoms with Gasteiger partial charge >= 0.3 is 5.97 Å². The summed E-state index contributed by atoms with van der Waals surface area (Å²) < 4.78 is 45.9. The van der Waals surface area contributed by atoms with Crippen LogP contribution in [0.4, 0.5) is 23.7 Å². The fourth-order valence-electron chi connectivity index (χ4n) is 3.37. The number of nitrogens with one attached hydrogen (secondary N) is 1. The molecule has 3 amide bonds. The van der Waals surface area contributed by atoms with Gasteiger partial charge in [0.1, 0.15) is 18.1 Å². The number of halogens is 3. The van der Waals surface area contributed by atoms with Crippen molar-refractivity contribution in [2.75, 3.05) is 11.9 Å². The van der Waals surface area contributed by atoms with Crippen LogP contribution in [-0.2, 0) is 9.59 Å². The molecule has 0 unspecified atom stereocenters. The van der Waals surface area contributed by atoms with Crippen LogP contribution in [0.15, 0.2) is 51.8 Å². The van der Waals surface area contributed by atoms with Crippen LogP contribution in [0.3, 0.4) is 0 Å². The summed E-state index contributed by atoms with van der Waals surface area (Å²) in [7, 11) is 0. The van der Waals surface area contributed by atoms with Gasteiger partial charge < -0.3 is 14.8 Å². The summed E-state index contributed by atoms with van der Waals surface area (Å²) in [6, 6.07) is 9.10. The van der Waals surface area contributed by atoms with Gasteiger partial charge in [0.25, 0.3) is 11.1 Å². The Hall–Kier alpha value is -4.32. The Bertz CT molecular complexity index is 1470. The molecule has 1 saturated heterocycles. The van der Waals surface area contributed by atoms with E-state index in [0.717, 1.165) is 6.07 Å². The van der Waals surface area contributed by atoms with Crippen molar-refractivity contribution in [2.24, 2.45) is 0 Å². The lowest BCUT2D eigenvalue weighted by molar-refractivity contribution is -0.127. The monoisotopic (exact) mass is 516 g/mol. The Morgan fingerprint density at radius 3 is 2.53 bits per heavy atom. The normalized spacial score (nSPS) is 14.6. The lowest BCUT2D eigenvalue weighted by atomic mass is 10.0. The molecule has 8 nitrogen and oxygen atoms in total. The molecule has 1 aliphatic heterocycles. The van der Waals surface area contributed by atoms with Crippen molar-refractivity contribution in [3.05, 3.63) is 81.7 Å². The summed E-state index contributed by atoms with van der Waals surface area (Å²) >= 11 is 0.555. The molecule has 3 aromatic rings. The lowest BCUT2D eigenvalue weighted by Crippen LogP contribution is -2.36. The highest BCUT2D eigenvalue weighted by molar-refractivity contribution is 8.18. The quantitative estimate of drug-likeness (QED) is 0.348. The molecule has 1 fully saturated rings. The number of furan rings is 1. The Labute approximate surface area is 205 Å². The predicted octanol–water partition coefficient (Wildman–Crippen LogP) is 5.05. The summed E-state index contributed by atoms with van der Waals surface area (Å²) in [4.78, 5) is 48.8. The average molecular weight is 516 g/mol. The van der Waals surface area contributed by atoms with E-state index >= 15 is 0 Å². The van der Waals surface area contributed by atoms with Crippen molar-refractivity contribution in [1.82, 2.24) is 4.90 Å². The molecule has 1 aliphatic rings. The van der Waals surface area contributed by atoms with Gasteiger partial charge in [0.15, 0.2) is 17.5 Å². The molecule has 0 aliphatic carbocycles. The van der Waals surface area contributed by atoms with Crippen LogP contribution in [-0.4, -0.2) is 39.6 Å². The van der Waals surface area contributed by atoms with Crippen LogP contribution in [0.25, 0.3) is 17.4 Å². The molecule has 0 saturated carbocycles. The number of benzene rings is 2. The van der Waals surface area contributed by atoms with Gasteiger partial charge in [-0.25, -0.2) is 18.0 Å². The fourth-order valence-corrected chi connectivity index (χ4v) is 4.19. The second-order valence-corrected chi connectivity index (χ2v) is 8.57. The van der Waals surface area contributed by atoms with Crippen LogP contribution in [0.5, 0.6) is 0 Å². The van der Waals surface area contributed by atoms with Gasteiger partial charge in [-0.15, -0.1) is 0 Å². The van der Waals surface area contributed by atoms with E-state index in [0.29, 0.717) is 39.6 Å². The average Bonchev–Trinajstić information content (AvgIpc) is 3.39. The number of aromatic carboxylic acids is 1. The summed E-state index contributed by atoms with van der Waals surface area (Å²) in [5.41, 5.74) is 0.762. The minimum atomic E-state index is -1.77. The number of nitrogens with zero attached hydrogens (tertiary/aromatic N) is 1. The molecule has 184 valence electrons. The summed E-state index contributed by atoms with van der Waals surface area (Å²) in [6.45, 7) is 0.936. The number of hydrogen-bond acceptors (Lipinski definition) is 6. The maximum absolute atomic E-state index is 13.8. The van der Waals surface area contributed by atoms with Crippen molar-refractivity contribution >= 4 is 46.5 Å². The number of carbonyl (C=O) groups is 4. The van der Waals surface area contributed by atoms with Crippen LogP contribution in [0, 0.1) is 24.4 Å². The van der Waals surface area contributed by atoms with Crippen LogP contribution < -0.4 is 5.32 Å². The standard InChI is InChI=1S/C24H15F3N2O6S/c1-11-8-12(23(32)33)2-4-14(11)17-7-3-13(35-17)9-18-22(31)29(24(34)36-18)10-19(30)28-16-6-5-15(25)20(26)21(16)27/h2-9H,10H2,1H3,(H,28,30)(H,32,33)/b18-9-. The minimum Gasteiger partial charge on any atom is -0.478 e. The van der Waals surface area contributed by atoms with Crippen molar-refractivity contribution in [3.8, 4) is 11.3 Å². The molecule has 1 aromatic heterocycles. The van der Waals surface area contributed by atoms with Gasteiger partial charge in [-0.2, -0.15) is 0 Å². The molecule has 0 spiro atoms. The Morgan fingerprint density at radius 2 is 1.83 bits per heavy atom. The van der Waals surface area contributed by atoms with E-state index in [2.05, 4.69) is 0 Å². The molecule has 0 bridgehead atoms. The first-order valence-electron chi connectivity index (χ1n) is 10.2. The van der Waals surface area contributed by atoms with Crippen LogP contribution in [0.1, 0.15) is 21.7 Å². The fraction of sp³-hybridized carbons (Fsp3) is 0.0833. The summed E-state index contributed by atoms with van der Waals surface area (Å²) in [5.74, 6) is -7.05. The number of amides is 3. The number of aryl methyl sites for hydroxylation is 1. The first kappa shape index (κ1) is 24.8. The molecule has 36 heavy (non-hydrogen) atoms. The molecular formula is C24H15F3N2O6S. The highest BCUT2D eigenvalue weighted by atomic mass is 32.2. The third-order valence-electron chi connectivity index (χ3n) is 5.12. The molecule has 2 heterocycles. The number of hydrogen-bond donors (Lipinski definition) is 2. The Balaban J connectivity index is 1.47. The molecule has 0 radical (unpaired) electrons. The smallest absolute Gasteiger partial charge is 0.335 e. The van der Waals surface area contributed by atoms with Crippen molar-refractivity contribution in [1.29, 1.82) is 0 Å². The number of thioether (sulfide) groups is 1. The van der Waals surface area contributed by atoms with E-state index in [1.165, 1.54) is 18.2 Å². The third kappa shape index (κ3) is 4.89. The summed E-state index contributed by atoms with van der Waals surface area (Å²) in [5, 5.41) is 10.3. The first-order valence-corrected chi connectivity index (χ1v) is 11.0. The largest absolute Gasteiger partial charge is 0.478 e. The number of imide groups is 1. The Morgan fingerprint density at radius 1 is 1.08 bits per heavy atom. The zero-order valence-corrected chi connectivity index (χ0v) is 19.1. The van der Waals surface area contributed by atoms with E-state index in [4.69, 9.17) is 9.52 Å². The number of rotatable bonds is 6. The second kappa shape index (κ2) is 9.74. The SMILES string of the molecule is Cc1cc(C(=O)O)ccc1-c1ccc(/C=C2\SC(=O)N(CC(=O)Nc3ccc(F)c(F)c3F)C2=O)o1. The lowest BCUT2D eigenvalue weighted by Gasteiger charge is -2.13. The van der Waals surface area contributed by atoms with Gasteiger partial charge in [0, 0.05) is 11.6 Å². The summed E-state index contributed by atoms with van der Waals surface area (Å²) in [6.07, 6.45) is 1.31. The highest BCUT2D eigenvalue weighted by Crippen LogP contribution is 2.34. The maximum Gasteiger partial charge on any atom is 0.335 e. The molecular weight excluding hydrogens is 501 g/mol. The molecule has 4 rings (SSSR count). The van der Waals surface area contributed by atoms with Gasteiger partial charge in [0.05, 0.1) is 16.2 Å². The molecule has 2 N–H and O–H groups in total. The van der Waals surface area contributed by atoms with Crippen molar-refractivity contribution < 1.29 is 41.9 Å². The number of carboxylic acids is 1. The first-order chi connectivity index (χ1) is 17.0. The number of carbonyl (C=O) groups excluding carboxylic acids is 3. The van der Waals surface area contributed by atoms with Gasteiger partial charge in [-0.1, -0.05) is 6.07 Å². The zero-order valence-electron chi connectivity index (χ0n) is 18.3. The molecule has 2 aromatic carbocycles. The topological polar surface area (TPSA) is 117 Å². The number of carboxylic acid groups (broad SMARTS) is 1. The van der Waals surface area contributed by atoms with E-state index in [-0.39, 0.29) is 16.2 Å². The van der Waals surface area contributed by atoms with E-state index < -0.39 is 52.7 Å². The zero-order chi connectivity index (χ0) is 26.1. The number of anilines is 1. The van der Waals surface area contributed by atoms with Crippen molar-refractivity contribution in [2.45, 2.75) is 6.92 Å². The van der Waals surface area contributed by atoms with Gasteiger partial charge in [-0.05, 0) is 60.6 Å². The predicted molar refractivity (Wildman–Crippen MR) is 123 cm³/mol. The van der Waals surface area contributed by atoms with E-state index in [1.54, 1.807) is 25.1 Å². The molecule has 0 atom stereocenters. The van der Waals surface area contributed by atoms with E-state index in [9.17, 15) is 32.3 Å². The maximum atomic E-state index is 13.8. The van der Waals surface area contributed by atoms with Crippen molar-refractivity contribution in [3.63, 3.8) is 0 Å². The van der Waals surface area contributed by atoms with E-state index in [1.807, 2.05) is 5.32 Å². The highest BCUT2D eigenvalue weighted by Gasteiger charge is 2.36. The Kier molecular flexibility index (Phi) is 6.71.